The minimum atomic E-state index is -0.0570. The van der Waals surface area contributed by atoms with Crippen molar-refractivity contribution in [3.05, 3.63) is 36.2 Å². The number of rotatable bonds is 5. The molecule has 0 aliphatic heterocycles. The number of nitrogens with zero attached hydrogens (tertiary/aromatic N) is 2. The maximum atomic E-state index is 12.0. The van der Waals surface area contributed by atoms with Gasteiger partial charge in [-0.1, -0.05) is 28.9 Å². The van der Waals surface area contributed by atoms with Crippen LogP contribution >= 0.6 is 15.9 Å². The van der Waals surface area contributed by atoms with Crippen LogP contribution in [0.1, 0.15) is 30.1 Å². The first-order chi connectivity index (χ1) is 8.68. The Morgan fingerprint density at radius 1 is 1.56 bits per heavy atom. The van der Waals surface area contributed by atoms with Crippen molar-refractivity contribution in [2.45, 2.75) is 24.6 Å². The molecule has 96 valence electrons. The van der Waals surface area contributed by atoms with E-state index in [-0.39, 0.29) is 5.91 Å². The molecule has 0 bridgehead atoms. The van der Waals surface area contributed by atoms with E-state index in [0.29, 0.717) is 16.9 Å². The molecule has 1 amide bonds. The van der Waals surface area contributed by atoms with Gasteiger partial charge < -0.3 is 5.32 Å². The fraction of sp³-hybridized carbons (Fsp3) is 0.385. The molecule has 4 nitrogen and oxygen atoms in total. The summed E-state index contributed by atoms with van der Waals surface area (Å²) < 4.78 is 1.70. The second-order valence-corrected chi connectivity index (χ2v) is 5.83. The van der Waals surface area contributed by atoms with Crippen LogP contribution in [-0.4, -0.2) is 26.9 Å². The fourth-order valence-electron chi connectivity index (χ4n) is 1.79. The molecule has 1 atom stereocenters. The number of alkyl halides is 1. The molecule has 18 heavy (non-hydrogen) atoms. The zero-order valence-corrected chi connectivity index (χ0v) is 11.9. The van der Waals surface area contributed by atoms with Gasteiger partial charge in [0.15, 0.2) is 0 Å². The number of amides is 1. The highest BCUT2D eigenvalue weighted by Gasteiger charge is 2.11. The maximum Gasteiger partial charge on any atom is 0.255 e. The van der Waals surface area contributed by atoms with Crippen LogP contribution in [0.2, 0.25) is 0 Å². The molecule has 0 aliphatic rings. The molecule has 2 rings (SSSR count). The number of nitrogens with one attached hydrogen (secondary N) is 1. The summed E-state index contributed by atoms with van der Waals surface area (Å²) in [4.78, 5) is 12.5. The van der Waals surface area contributed by atoms with E-state index in [1.165, 1.54) is 0 Å². The number of hydrogen-bond donors (Lipinski definition) is 1. The van der Waals surface area contributed by atoms with E-state index in [0.717, 1.165) is 18.4 Å². The average molecular weight is 310 g/mol. The van der Waals surface area contributed by atoms with Crippen LogP contribution in [0.15, 0.2) is 30.6 Å². The zero-order valence-electron chi connectivity index (χ0n) is 10.3. The van der Waals surface area contributed by atoms with Gasteiger partial charge >= 0.3 is 0 Å². The lowest BCUT2D eigenvalue weighted by molar-refractivity contribution is 0.0954. The molecule has 0 spiro atoms. The highest BCUT2D eigenvalue weighted by molar-refractivity contribution is 9.09. The summed E-state index contributed by atoms with van der Waals surface area (Å²) in [7, 11) is 0. The number of aromatic nitrogens is 2. The highest BCUT2D eigenvalue weighted by Crippen LogP contribution is 2.10. The Labute approximate surface area is 115 Å². The number of hydrogen-bond acceptors (Lipinski definition) is 2. The Kier molecular flexibility index (Phi) is 4.36. The summed E-state index contributed by atoms with van der Waals surface area (Å²) in [6, 6.07) is 5.68. The fourth-order valence-corrected chi connectivity index (χ4v) is 2.11. The Morgan fingerprint density at radius 2 is 2.39 bits per heavy atom. The van der Waals surface area contributed by atoms with Crippen LogP contribution in [0.25, 0.3) is 5.52 Å². The standard InChI is InChI=1S/C13H16BrN3O/c1-10(14)5-4-7-15-13(18)11-9-16-17-8-3-2-6-12(11)17/h2-3,6,8-10H,4-5,7H2,1H3,(H,15,18). The van der Waals surface area contributed by atoms with E-state index < -0.39 is 0 Å². The summed E-state index contributed by atoms with van der Waals surface area (Å²) in [5.74, 6) is -0.0570. The predicted octanol–water partition coefficient (Wildman–Crippen LogP) is 2.63. The third-order valence-electron chi connectivity index (χ3n) is 2.74. The molecule has 2 heterocycles. The molecule has 5 heteroatoms. The maximum absolute atomic E-state index is 12.0. The van der Waals surface area contributed by atoms with Crippen LogP contribution < -0.4 is 5.32 Å². The van der Waals surface area contributed by atoms with Crippen molar-refractivity contribution in [2.24, 2.45) is 0 Å². The molecular formula is C13H16BrN3O. The van der Waals surface area contributed by atoms with Crippen LogP contribution in [-0.2, 0) is 0 Å². The van der Waals surface area contributed by atoms with Crippen LogP contribution in [0.3, 0.4) is 0 Å². The first-order valence-corrected chi connectivity index (χ1v) is 6.94. The first-order valence-electron chi connectivity index (χ1n) is 6.03. The van der Waals surface area contributed by atoms with Gasteiger partial charge in [-0.05, 0) is 25.0 Å². The molecule has 0 fully saturated rings. The van der Waals surface area contributed by atoms with Gasteiger partial charge in [-0.25, -0.2) is 4.52 Å². The Hall–Kier alpha value is -1.36. The number of pyridine rings is 1. The molecule has 2 aromatic heterocycles. The second-order valence-electron chi connectivity index (χ2n) is 4.27. The van der Waals surface area contributed by atoms with Crippen LogP contribution in [0.5, 0.6) is 0 Å². The SMILES string of the molecule is CC(Br)CCCNC(=O)c1cnn2ccccc12. The van der Waals surface area contributed by atoms with E-state index in [2.05, 4.69) is 33.3 Å². The quantitative estimate of drug-likeness (QED) is 0.682. The minimum absolute atomic E-state index is 0.0570. The number of halogens is 1. The van der Waals surface area contributed by atoms with Gasteiger partial charge in [0.1, 0.15) is 0 Å². The molecular weight excluding hydrogens is 294 g/mol. The topological polar surface area (TPSA) is 46.4 Å². The summed E-state index contributed by atoms with van der Waals surface area (Å²) in [6.07, 6.45) is 5.46. The lowest BCUT2D eigenvalue weighted by Crippen LogP contribution is -2.24. The molecule has 1 unspecified atom stereocenters. The van der Waals surface area contributed by atoms with Crippen LogP contribution in [0.4, 0.5) is 0 Å². The molecule has 2 aromatic rings. The van der Waals surface area contributed by atoms with Gasteiger partial charge in [0.05, 0.1) is 17.3 Å². The van der Waals surface area contributed by atoms with Crippen molar-refractivity contribution in [2.75, 3.05) is 6.54 Å². The normalized spacial score (nSPS) is 12.6. The number of fused-ring (bicyclic) bond motifs is 1. The smallest absolute Gasteiger partial charge is 0.255 e. The molecule has 1 N–H and O–H groups in total. The van der Waals surface area contributed by atoms with Crippen molar-refractivity contribution in [3.8, 4) is 0 Å². The van der Waals surface area contributed by atoms with Crippen LogP contribution in [0, 0.1) is 0 Å². The molecule has 0 aliphatic carbocycles. The highest BCUT2D eigenvalue weighted by atomic mass is 79.9. The summed E-state index contributed by atoms with van der Waals surface area (Å²) in [5, 5.41) is 7.06. The first kappa shape index (κ1) is 13.1. The van der Waals surface area contributed by atoms with Crippen molar-refractivity contribution in [3.63, 3.8) is 0 Å². The summed E-state index contributed by atoms with van der Waals surface area (Å²) in [6.45, 7) is 2.80. The monoisotopic (exact) mass is 309 g/mol. The van der Waals surface area contributed by atoms with Gasteiger partial charge in [0, 0.05) is 17.6 Å². The summed E-state index contributed by atoms with van der Waals surface area (Å²) in [5.41, 5.74) is 1.46. The lowest BCUT2D eigenvalue weighted by atomic mass is 10.2. The Balaban J connectivity index is 1.97. The zero-order chi connectivity index (χ0) is 13.0. The van der Waals surface area contributed by atoms with Gasteiger partial charge in [0.2, 0.25) is 0 Å². The predicted molar refractivity (Wildman–Crippen MR) is 75.1 cm³/mol. The average Bonchev–Trinajstić information content (AvgIpc) is 2.78. The third-order valence-corrected chi connectivity index (χ3v) is 3.19. The van der Waals surface area contributed by atoms with E-state index in [1.54, 1.807) is 10.7 Å². The molecule has 0 radical (unpaired) electrons. The van der Waals surface area contributed by atoms with E-state index in [9.17, 15) is 4.79 Å². The van der Waals surface area contributed by atoms with Crippen molar-refractivity contribution in [1.82, 2.24) is 14.9 Å². The third kappa shape index (κ3) is 3.10. The van der Waals surface area contributed by atoms with Gasteiger partial charge in [-0.3, -0.25) is 4.79 Å². The Bertz CT molecular complexity index is 536. The minimum Gasteiger partial charge on any atom is -0.352 e. The Morgan fingerprint density at radius 3 is 3.17 bits per heavy atom. The van der Waals surface area contributed by atoms with Crippen molar-refractivity contribution in [1.29, 1.82) is 0 Å². The van der Waals surface area contributed by atoms with E-state index in [1.807, 2.05) is 24.4 Å². The number of carbonyl (C=O) groups is 1. The van der Waals surface area contributed by atoms with Gasteiger partial charge in [0.25, 0.3) is 5.91 Å². The van der Waals surface area contributed by atoms with Crippen molar-refractivity contribution >= 4 is 27.4 Å². The number of carbonyl (C=O) groups excluding carboxylic acids is 1. The lowest BCUT2D eigenvalue weighted by Gasteiger charge is -2.05. The molecule has 0 aromatic carbocycles. The second kappa shape index (κ2) is 6.00. The van der Waals surface area contributed by atoms with E-state index >= 15 is 0 Å². The van der Waals surface area contributed by atoms with Gasteiger partial charge in [-0.2, -0.15) is 5.10 Å². The molecule has 0 saturated heterocycles. The van der Waals surface area contributed by atoms with E-state index in [4.69, 9.17) is 0 Å². The summed E-state index contributed by atoms with van der Waals surface area (Å²) >= 11 is 3.49. The van der Waals surface area contributed by atoms with Crippen molar-refractivity contribution < 1.29 is 4.79 Å². The largest absolute Gasteiger partial charge is 0.352 e. The molecule has 0 saturated carbocycles. The van der Waals surface area contributed by atoms with Gasteiger partial charge in [-0.15, -0.1) is 0 Å².